The zero-order valence-corrected chi connectivity index (χ0v) is 16.4. The Bertz CT molecular complexity index is 527. The average Bonchev–Trinajstić information content (AvgIpc) is 2.59. The lowest BCUT2D eigenvalue weighted by Crippen LogP contribution is -2.45. The van der Waals surface area contributed by atoms with Gasteiger partial charge in [-0.1, -0.05) is 39.0 Å². The molecule has 6 nitrogen and oxygen atoms in total. The van der Waals surface area contributed by atoms with Crippen LogP contribution in [0.15, 0.2) is 29.3 Å². The van der Waals surface area contributed by atoms with Crippen LogP contribution in [0.25, 0.3) is 0 Å². The van der Waals surface area contributed by atoms with Crippen LogP contribution >= 0.6 is 0 Å². The van der Waals surface area contributed by atoms with Gasteiger partial charge in [-0.15, -0.1) is 0 Å². The van der Waals surface area contributed by atoms with Crippen LogP contribution in [-0.2, 0) is 16.1 Å². The molecule has 0 saturated heterocycles. The van der Waals surface area contributed by atoms with Crippen molar-refractivity contribution in [1.29, 1.82) is 0 Å². The second-order valence-electron chi connectivity index (χ2n) is 6.83. The Kier molecular flexibility index (Phi) is 9.31. The average molecular weight is 351 g/mol. The molecule has 0 fully saturated rings. The van der Waals surface area contributed by atoms with Crippen molar-refractivity contribution in [2.75, 3.05) is 41.0 Å². The third-order valence-corrected chi connectivity index (χ3v) is 3.92. The van der Waals surface area contributed by atoms with Crippen LogP contribution in [0.5, 0.6) is 5.75 Å². The molecule has 1 rings (SSSR count). The molecule has 0 aliphatic rings. The highest BCUT2D eigenvalue weighted by molar-refractivity contribution is 5.79. The SMILES string of the molecule is CN=C(NCCOCc1ccccc1OC)NCC(OC)C(C)(C)C. The highest BCUT2D eigenvalue weighted by atomic mass is 16.5. The number of guanidine groups is 1. The van der Waals surface area contributed by atoms with Gasteiger partial charge in [-0.3, -0.25) is 4.99 Å². The van der Waals surface area contributed by atoms with Crippen LogP contribution < -0.4 is 15.4 Å². The lowest BCUT2D eigenvalue weighted by atomic mass is 9.89. The number of ether oxygens (including phenoxy) is 3. The molecule has 0 amide bonds. The summed E-state index contributed by atoms with van der Waals surface area (Å²) in [4.78, 5) is 4.22. The zero-order valence-electron chi connectivity index (χ0n) is 16.4. The van der Waals surface area contributed by atoms with E-state index in [1.54, 1.807) is 21.3 Å². The Morgan fingerprint density at radius 2 is 1.88 bits per heavy atom. The fraction of sp³-hybridized carbons (Fsp3) is 0.632. The minimum Gasteiger partial charge on any atom is -0.496 e. The van der Waals surface area contributed by atoms with E-state index in [0.717, 1.165) is 17.3 Å². The molecule has 25 heavy (non-hydrogen) atoms. The topological polar surface area (TPSA) is 64.1 Å². The predicted molar refractivity (Wildman–Crippen MR) is 102 cm³/mol. The number of rotatable bonds is 9. The van der Waals surface area contributed by atoms with Gasteiger partial charge >= 0.3 is 0 Å². The molecule has 0 spiro atoms. The van der Waals surface area contributed by atoms with E-state index in [1.165, 1.54) is 0 Å². The molecule has 0 radical (unpaired) electrons. The van der Waals surface area contributed by atoms with Crippen molar-refractivity contribution in [3.05, 3.63) is 29.8 Å². The van der Waals surface area contributed by atoms with E-state index < -0.39 is 0 Å². The highest BCUT2D eigenvalue weighted by Crippen LogP contribution is 2.21. The fourth-order valence-electron chi connectivity index (χ4n) is 2.40. The second-order valence-corrected chi connectivity index (χ2v) is 6.83. The third kappa shape index (κ3) is 7.75. The summed E-state index contributed by atoms with van der Waals surface area (Å²) in [5.74, 6) is 1.59. The molecule has 0 aliphatic carbocycles. The predicted octanol–water partition coefficient (Wildman–Crippen LogP) is 2.44. The summed E-state index contributed by atoms with van der Waals surface area (Å²) in [5, 5.41) is 6.53. The zero-order chi connectivity index (χ0) is 18.7. The van der Waals surface area contributed by atoms with Crippen LogP contribution in [-0.4, -0.2) is 53.0 Å². The van der Waals surface area contributed by atoms with E-state index in [4.69, 9.17) is 14.2 Å². The van der Waals surface area contributed by atoms with E-state index in [1.807, 2.05) is 24.3 Å². The minimum atomic E-state index is 0.0679. The number of nitrogens with zero attached hydrogens (tertiary/aromatic N) is 1. The summed E-state index contributed by atoms with van der Waals surface area (Å²) in [6.45, 7) is 8.93. The van der Waals surface area contributed by atoms with Crippen molar-refractivity contribution >= 4 is 5.96 Å². The van der Waals surface area contributed by atoms with E-state index in [2.05, 4.69) is 36.4 Å². The Balaban J connectivity index is 2.29. The first-order valence-electron chi connectivity index (χ1n) is 8.59. The molecule has 6 heteroatoms. The van der Waals surface area contributed by atoms with Gasteiger partial charge in [0.05, 0.1) is 26.4 Å². The summed E-state index contributed by atoms with van der Waals surface area (Å²) in [6.07, 6.45) is 0.104. The van der Waals surface area contributed by atoms with E-state index in [-0.39, 0.29) is 11.5 Å². The lowest BCUT2D eigenvalue weighted by molar-refractivity contribution is 0.0205. The number of aliphatic imine (C=N–C) groups is 1. The summed E-state index contributed by atoms with van der Waals surface area (Å²) >= 11 is 0. The van der Waals surface area contributed by atoms with Crippen LogP contribution in [0, 0.1) is 5.41 Å². The number of para-hydroxylation sites is 1. The van der Waals surface area contributed by atoms with Gasteiger partial charge in [0.15, 0.2) is 5.96 Å². The Labute approximate surface area is 152 Å². The molecule has 0 heterocycles. The van der Waals surface area contributed by atoms with Crippen molar-refractivity contribution in [3.8, 4) is 5.75 Å². The Hall–Kier alpha value is -1.79. The van der Waals surface area contributed by atoms with Crippen LogP contribution in [0.1, 0.15) is 26.3 Å². The van der Waals surface area contributed by atoms with Crippen molar-refractivity contribution in [2.24, 2.45) is 10.4 Å². The van der Waals surface area contributed by atoms with Crippen LogP contribution in [0.3, 0.4) is 0 Å². The largest absolute Gasteiger partial charge is 0.496 e. The van der Waals surface area contributed by atoms with Crippen LogP contribution in [0.4, 0.5) is 0 Å². The number of benzene rings is 1. The number of hydrogen-bond acceptors (Lipinski definition) is 4. The van der Waals surface area contributed by atoms with Gasteiger partial charge in [0.2, 0.25) is 0 Å². The molecule has 0 aliphatic heterocycles. The Morgan fingerprint density at radius 1 is 1.16 bits per heavy atom. The molecule has 142 valence electrons. The molecule has 1 aromatic carbocycles. The first-order valence-corrected chi connectivity index (χ1v) is 8.59. The summed E-state index contributed by atoms with van der Waals surface area (Å²) in [7, 11) is 5.16. The van der Waals surface area contributed by atoms with Crippen molar-refractivity contribution < 1.29 is 14.2 Å². The standard InChI is InChI=1S/C19H33N3O3/c1-19(2,3)17(24-6)13-22-18(20-4)21-11-12-25-14-15-9-7-8-10-16(15)23-5/h7-10,17H,11-14H2,1-6H3,(H2,20,21,22). The smallest absolute Gasteiger partial charge is 0.191 e. The quantitative estimate of drug-likeness (QED) is 0.406. The number of nitrogens with one attached hydrogen (secondary N) is 2. The molecular formula is C19H33N3O3. The van der Waals surface area contributed by atoms with E-state index in [0.29, 0.717) is 26.3 Å². The molecule has 0 saturated carbocycles. The van der Waals surface area contributed by atoms with Gasteiger partial charge in [0, 0.05) is 32.8 Å². The van der Waals surface area contributed by atoms with Crippen molar-refractivity contribution in [1.82, 2.24) is 10.6 Å². The maximum absolute atomic E-state index is 5.71. The van der Waals surface area contributed by atoms with Gasteiger partial charge in [-0.05, 0) is 11.5 Å². The highest BCUT2D eigenvalue weighted by Gasteiger charge is 2.24. The van der Waals surface area contributed by atoms with Gasteiger partial charge in [-0.2, -0.15) is 0 Å². The molecular weight excluding hydrogens is 318 g/mol. The van der Waals surface area contributed by atoms with Gasteiger partial charge in [-0.25, -0.2) is 0 Å². The summed E-state index contributed by atoms with van der Waals surface area (Å²) in [5.41, 5.74) is 1.11. The third-order valence-electron chi connectivity index (χ3n) is 3.92. The van der Waals surface area contributed by atoms with Crippen LogP contribution in [0.2, 0.25) is 0 Å². The van der Waals surface area contributed by atoms with Crippen molar-refractivity contribution in [2.45, 2.75) is 33.5 Å². The first kappa shape index (κ1) is 21.3. The molecule has 1 aromatic rings. The first-order chi connectivity index (χ1) is 11.9. The molecule has 2 N–H and O–H groups in total. The maximum atomic E-state index is 5.71. The van der Waals surface area contributed by atoms with Gasteiger partial charge < -0.3 is 24.8 Å². The van der Waals surface area contributed by atoms with E-state index >= 15 is 0 Å². The summed E-state index contributed by atoms with van der Waals surface area (Å²) < 4.78 is 16.6. The van der Waals surface area contributed by atoms with Crippen molar-refractivity contribution in [3.63, 3.8) is 0 Å². The lowest BCUT2D eigenvalue weighted by Gasteiger charge is -2.30. The monoisotopic (exact) mass is 351 g/mol. The Morgan fingerprint density at radius 3 is 2.48 bits per heavy atom. The molecule has 0 bridgehead atoms. The molecule has 1 unspecified atom stereocenters. The fourth-order valence-corrected chi connectivity index (χ4v) is 2.40. The number of methoxy groups -OCH3 is 2. The van der Waals surface area contributed by atoms with E-state index in [9.17, 15) is 0 Å². The second kappa shape index (κ2) is 10.9. The van der Waals surface area contributed by atoms with Gasteiger partial charge in [0.25, 0.3) is 0 Å². The normalized spacial score (nSPS) is 13.4. The minimum absolute atomic E-state index is 0.0679. The molecule has 0 aromatic heterocycles. The number of hydrogen-bond donors (Lipinski definition) is 2. The van der Waals surface area contributed by atoms with Gasteiger partial charge in [0.1, 0.15) is 5.75 Å². The summed E-state index contributed by atoms with van der Waals surface area (Å²) in [6, 6.07) is 7.87. The molecule has 1 atom stereocenters. The maximum Gasteiger partial charge on any atom is 0.191 e.